The van der Waals surface area contributed by atoms with Crippen LogP contribution in [0.3, 0.4) is 0 Å². The summed E-state index contributed by atoms with van der Waals surface area (Å²) in [5, 5.41) is 2.37. The number of carbonyl (C=O) groups is 1. The van der Waals surface area contributed by atoms with Gasteiger partial charge in [-0.1, -0.05) is 42.5 Å². The minimum Gasteiger partial charge on any atom is -0.346 e. The van der Waals surface area contributed by atoms with Gasteiger partial charge in [0.25, 0.3) is 0 Å². The molecule has 0 saturated heterocycles. The zero-order chi connectivity index (χ0) is 12.3. The monoisotopic (exact) mass is 227 g/mol. The van der Waals surface area contributed by atoms with Gasteiger partial charge in [0.15, 0.2) is 0 Å². The van der Waals surface area contributed by atoms with Crippen molar-refractivity contribution in [1.82, 2.24) is 4.90 Å². The fourth-order valence-corrected chi connectivity index (χ4v) is 1.92. The van der Waals surface area contributed by atoms with Crippen molar-refractivity contribution < 1.29 is 4.79 Å². The highest BCUT2D eigenvalue weighted by Crippen LogP contribution is 2.19. The summed E-state index contributed by atoms with van der Waals surface area (Å²) >= 11 is 0. The Bertz CT molecular complexity index is 528. The van der Waals surface area contributed by atoms with Crippen LogP contribution < -0.4 is 0 Å². The molecule has 0 saturated carbocycles. The second-order valence-corrected chi connectivity index (χ2v) is 4.22. The van der Waals surface area contributed by atoms with E-state index in [1.54, 1.807) is 4.90 Å². The fraction of sp³-hybridized carbons (Fsp3) is 0.267. The summed E-state index contributed by atoms with van der Waals surface area (Å²) in [4.78, 5) is 13.7. The molecule has 2 heteroatoms. The van der Waals surface area contributed by atoms with Crippen molar-refractivity contribution in [2.45, 2.75) is 13.3 Å². The Hall–Kier alpha value is -1.83. The maximum atomic E-state index is 11.9. The number of amides is 1. The Labute approximate surface area is 102 Å². The lowest BCUT2D eigenvalue weighted by molar-refractivity contribution is -0.128. The van der Waals surface area contributed by atoms with E-state index in [9.17, 15) is 4.79 Å². The maximum absolute atomic E-state index is 11.9. The first-order valence-electron chi connectivity index (χ1n) is 5.93. The molecule has 0 spiro atoms. The highest BCUT2D eigenvalue weighted by molar-refractivity contribution is 5.90. The van der Waals surface area contributed by atoms with Gasteiger partial charge >= 0.3 is 0 Å². The lowest BCUT2D eigenvalue weighted by Crippen LogP contribution is -2.27. The van der Waals surface area contributed by atoms with Gasteiger partial charge in [0.2, 0.25) is 5.91 Å². The molecule has 2 rings (SSSR count). The third kappa shape index (κ3) is 2.47. The molecule has 0 aromatic heterocycles. The number of benzene rings is 2. The summed E-state index contributed by atoms with van der Waals surface area (Å²) in [7, 11) is 1.84. The Morgan fingerprint density at radius 1 is 1.12 bits per heavy atom. The standard InChI is InChI=1S/C15H17NO/c1-3-16(2)15(17)11-13-9-6-8-12-7-4-5-10-14(12)13/h4-10H,3,11H2,1-2H3. The molecule has 1 amide bonds. The van der Waals surface area contributed by atoms with Crippen molar-refractivity contribution in [3.63, 3.8) is 0 Å². The van der Waals surface area contributed by atoms with Gasteiger partial charge in [0.05, 0.1) is 6.42 Å². The first-order valence-corrected chi connectivity index (χ1v) is 5.93. The number of hydrogen-bond acceptors (Lipinski definition) is 1. The minimum atomic E-state index is 0.170. The summed E-state index contributed by atoms with van der Waals surface area (Å²) in [6, 6.07) is 14.3. The molecule has 2 nitrogen and oxygen atoms in total. The summed E-state index contributed by atoms with van der Waals surface area (Å²) in [5.74, 6) is 0.170. The van der Waals surface area contributed by atoms with Gasteiger partial charge in [-0.25, -0.2) is 0 Å². The first kappa shape index (κ1) is 11.6. The van der Waals surface area contributed by atoms with Gasteiger partial charge in [-0.05, 0) is 23.3 Å². The molecule has 0 atom stereocenters. The van der Waals surface area contributed by atoms with Gasteiger partial charge < -0.3 is 4.90 Å². The number of fused-ring (bicyclic) bond motifs is 1. The van der Waals surface area contributed by atoms with E-state index in [0.717, 1.165) is 12.1 Å². The molecule has 0 aliphatic heterocycles. The van der Waals surface area contributed by atoms with Crippen LogP contribution in [0.1, 0.15) is 12.5 Å². The molecule has 0 bridgehead atoms. The average molecular weight is 227 g/mol. The molecule has 0 radical (unpaired) electrons. The van der Waals surface area contributed by atoms with E-state index in [1.165, 1.54) is 10.8 Å². The zero-order valence-electron chi connectivity index (χ0n) is 10.3. The van der Waals surface area contributed by atoms with Crippen molar-refractivity contribution in [3.05, 3.63) is 48.0 Å². The SMILES string of the molecule is CCN(C)C(=O)Cc1cccc2ccccc12. The second kappa shape index (κ2) is 5.00. The van der Waals surface area contributed by atoms with Crippen LogP contribution in [0.2, 0.25) is 0 Å². The van der Waals surface area contributed by atoms with E-state index >= 15 is 0 Å². The topological polar surface area (TPSA) is 20.3 Å². The summed E-state index contributed by atoms with van der Waals surface area (Å²) in [6.07, 6.45) is 0.478. The molecule has 2 aromatic rings. The molecule has 17 heavy (non-hydrogen) atoms. The molecular formula is C15H17NO. The second-order valence-electron chi connectivity index (χ2n) is 4.22. The summed E-state index contributed by atoms with van der Waals surface area (Å²) in [5.41, 5.74) is 1.11. The van der Waals surface area contributed by atoms with Gasteiger partial charge in [0, 0.05) is 13.6 Å². The molecule has 0 fully saturated rings. The summed E-state index contributed by atoms with van der Waals surface area (Å²) < 4.78 is 0. The lowest BCUT2D eigenvalue weighted by atomic mass is 10.0. The highest BCUT2D eigenvalue weighted by Gasteiger charge is 2.09. The largest absolute Gasteiger partial charge is 0.346 e. The van der Waals surface area contributed by atoms with Gasteiger partial charge in [-0.15, -0.1) is 0 Å². The Balaban J connectivity index is 2.33. The highest BCUT2D eigenvalue weighted by atomic mass is 16.2. The van der Waals surface area contributed by atoms with Crippen LogP contribution >= 0.6 is 0 Å². The van der Waals surface area contributed by atoms with Crippen molar-refractivity contribution in [3.8, 4) is 0 Å². The molecule has 0 heterocycles. The third-order valence-corrected chi connectivity index (χ3v) is 3.12. The Morgan fingerprint density at radius 2 is 1.82 bits per heavy atom. The first-order chi connectivity index (χ1) is 8.22. The molecule has 88 valence electrons. The van der Waals surface area contributed by atoms with Crippen LogP contribution in [0.25, 0.3) is 10.8 Å². The average Bonchev–Trinajstić information content (AvgIpc) is 2.38. The predicted molar refractivity (Wildman–Crippen MR) is 71.0 cm³/mol. The number of nitrogens with zero attached hydrogens (tertiary/aromatic N) is 1. The van der Waals surface area contributed by atoms with Crippen LogP contribution in [-0.2, 0) is 11.2 Å². The van der Waals surface area contributed by atoms with Crippen LogP contribution in [0.4, 0.5) is 0 Å². The van der Waals surface area contributed by atoms with E-state index < -0.39 is 0 Å². The van der Waals surface area contributed by atoms with E-state index in [0.29, 0.717) is 6.42 Å². The molecule has 0 aliphatic rings. The van der Waals surface area contributed by atoms with Crippen molar-refractivity contribution in [2.24, 2.45) is 0 Å². The van der Waals surface area contributed by atoms with Crippen molar-refractivity contribution in [2.75, 3.05) is 13.6 Å². The lowest BCUT2D eigenvalue weighted by Gasteiger charge is -2.15. The Kier molecular flexibility index (Phi) is 3.43. The van der Waals surface area contributed by atoms with Crippen LogP contribution in [0, 0.1) is 0 Å². The number of carbonyl (C=O) groups excluding carboxylic acids is 1. The molecule has 0 aliphatic carbocycles. The van der Waals surface area contributed by atoms with Crippen molar-refractivity contribution >= 4 is 16.7 Å². The van der Waals surface area contributed by atoms with Crippen molar-refractivity contribution in [1.29, 1.82) is 0 Å². The summed E-state index contributed by atoms with van der Waals surface area (Å²) in [6.45, 7) is 2.74. The third-order valence-electron chi connectivity index (χ3n) is 3.12. The quantitative estimate of drug-likeness (QED) is 0.789. The molecule has 2 aromatic carbocycles. The van der Waals surface area contributed by atoms with Gasteiger partial charge in [0.1, 0.15) is 0 Å². The predicted octanol–water partition coefficient (Wildman–Crippen LogP) is 2.86. The van der Waals surface area contributed by atoms with Crippen LogP contribution in [0.15, 0.2) is 42.5 Å². The van der Waals surface area contributed by atoms with E-state index in [4.69, 9.17) is 0 Å². The zero-order valence-corrected chi connectivity index (χ0v) is 10.3. The van der Waals surface area contributed by atoms with E-state index in [-0.39, 0.29) is 5.91 Å². The molecule has 0 N–H and O–H groups in total. The van der Waals surface area contributed by atoms with Crippen LogP contribution in [-0.4, -0.2) is 24.4 Å². The minimum absolute atomic E-state index is 0.170. The maximum Gasteiger partial charge on any atom is 0.226 e. The molecule has 0 unspecified atom stereocenters. The van der Waals surface area contributed by atoms with Gasteiger partial charge in [-0.2, -0.15) is 0 Å². The number of rotatable bonds is 3. The van der Waals surface area contributed by atoms with Crippen LogP contribution in [0.5, 0.6) is 0 Å². The van der Waals surface area contributed by atoms with E-state index in [2.05, 4.69) is 18.2 Å². The molecular weight excluding hydrogens is 210 g/mol. The smallest absolute Gasteiger partial charge is 0.226 e. The number of likely N-dealkylation sites (N-methyl/N-ethyl adjacent to an activating group) is 1. The van der Waals surface area contributed by atoms with Gasteiger partial charge in [-0.3, -0.25) is 4.79 Å². The fourth-order valence-electron chi connectivity index (χ4n) is 1.92. The normalized spacial score (nSPS) is 10.5. The van der Waals surface area contributed by atoms with E-state index in [1.807, 2.05) is 38.2 Å². The number of hydrogen-bond donors (Lipinski definition) is 0. The Morgan fingerprint density at radius 3 is 2.59 bits per heavy atom.